The number of hydrogen-bond donors (Lipinski definition) is 1. The molecule has 0 fully saturated rings. The molecule has 3 heteroatoms. The van der Waals surface area contributed by atoms with Crippen molar-refractivity contribution in [2.24, 2.45) is 0 Å². The van der Waals surface area contributed by atoms with Gasteiger partial charge in [0.2, 0.25) is 0 Å². The number of nitrogens with one attached hydrogen (secondary N) is 1. The molecular formula is C13H18N2S. The second-order valence-electron chi connectivity index (χ2n) is 3.81. The van der Waals surface area contributed by atoms with Crippen molar-refractivity contribution in [2.45, 2.75) is 37.2 Å². The van der Waals surface area contributed by atoms with E-state index in [0.29, 0.717) is 6.04 Å². The van der Waals surface area contributed by atoms with E-state index < -0.39 is 0 Å². The number of hydrogen-bond acceptors (Lipinski definition) is 3. The molecule has 1 aromatic carbocycles. The van der Waals surface area contributed by atoms with Crippen molar-refractivity contribution < 1.29 is 0 Å². The first-order valence-corrected chi connectivity index (χ1v) is 6.73. The molecular weight excluding hydrogens is 216 g/mol. The van der Waals surface area contributed by atoms with Crippen LogP contribution in [0.3, 0.4) is 0 Å². The molecule has 0 amide bonds. The van der Waals surface area contributed by atoms with Crippen LogP contribution < -0.4 is 5.32 Å². The van der Waals surface area contributed by atoms with Crippen LogP contribution in [0, 0.1) is 11.3 Å². The summed E-state index contributed by atoms with van der Waals surface area (Å²) < 4.78 is 0. The summed E-state index contributed by atoms with van der Waals surface area (Å²) in [6, 6.07) is 10.6. The zero-order valence-corrected chi connectivity index (χ0v) is 10.8. The molecule has 0 bridgehead atoms. The molecule has 1 aromatic rings. The Labute approximate surface area is 102 Å². The van der Waals surface area contributed by atoms with Crippen molar-refractivity contribution in [3.63, 3.8) is 0 Å². The predicted octanol–water partition coefficient (Wildman–Crippen LogP) is 3.36. The van der Waals surface area contributed by atoms with Crippen LogP contribution >= 0.6 is 11.8 Å². The van der Waals surface area contributed by atoms with Crippen LogP contribution in [-0.4, -0.2) is 12.3 Å². The van der Waals surface area contributed by atoms with E-state index in [0.717, 1.165) is 12.0 Å². The third-order valence-corrected chi connectivity index (χ3v) is 3.39. The van der Waals surface area contributed by atoms with Gasteiger partial charge in [0.1, 0.15) is 6.04 Å². The Hall–Kier alpha value is -0.980. The van der Waals surface area contributed by atoms with Crippen molar-refractivity contribution in [1.82, 2.24) is 5.32 Å². The minimum Gasteiger partial charge on any atom is -0.296 e. The molecule has 0 heterocycles. The van der Waals surface area contributed by atoms with Gasteiger partial charge in [0, 0.05) is 10.9 Å². The molecule has 1 N–H and O–H groups in total. The van der Waals surface area contributed by atoms with Gasteiger partial charge >= 0.3 is 0 Å². The first-order chi connectivity index (χ1) is 7.71. The molecule has 0 spiro atoms. The normalized spacial score (nSPS) is 14.1. The molecule has 0 radical (unpaired) electrons. The van der Waals surface area contributed by atoms with Gasteiger partial charge in [-0.2, -0.15) is 5.26 Å². The third kappa shape index (κ3) is 3.55. The molecule has 0 aromatic heterocycles. The summed E-state index contributed by atoms with van der Waals surface area (Å²) in [6.07, 6.45) is 3.08. The summed E-state index contributed by atoms with van der Waals surface area (Å²) in [7, 11) is 0. The van der Waals surface area contributed by atoms with Gasteiger partial charge < -0.3 is 0 Å². The average Bonchev–Trinajstić information content (AvgIpc) is 2.35. The highest BCUT2D eigenvalue weighted by atomic mass is 32.2. The Morgan fingerprint density at radius 3 is 2.44 bits per heavy atom. The fourth-order valence-electron chi connectivity index (χ4n) is 1.41. The maximum absolute atomic E-state index is 9.13. The summed E-state index contributed by atoms with van der Waals surface area (Å²) in [4.78, 5) is 1.23. The van der Waals surface area contributed by atoms with Gasteiger partial charge in [-0.25, -0.2) is 0 Å². The van der Waals surface area contributed by atoms with Gasteiger partial charge in [-0.05, 0) is 37.3 Å². The Kier molecular flexibility index (Phi) is 5.37. The Morgan fingerprint density at radius 1 is 1.38 bits per heavy atom. The number of nitriles is 1. The lowest BCUT2D eigenvalue weighted by molar-refractivity contribution is 0.501. The van der Waals surface area contributed by atoms with E-state index in [1.54, 1.807) is 11.8 Å². The van der Waals surface area contributed by atoms with Gasteiger partial charge in [0.15, 0.2) is 0 Å². The van der Waals surface area contributed by atoms with E-state index in [1.165, 1.54) is 4.90 Å². The lowest BCUT2D eigenvalue weighted by Gasteiger charge is -2.17. The predicted molar refractivity (Wildman–Crippen MR) is 69.5 cm³/mol. The standard InChI is InChI=1S/C13H18N2S/c1-4-10(2)15-13(9-14)11-5-7-12(16-3)8-6-11/h5-8,10,13,15H,4H2,1-3H3. The third-order valence-electron chi connectivity index (χ3n) is 2.64. The van der Waals surface area contributed by atoms with Crippen LogP contribution in [0.2, 0.25) is 0 Å². The lowest BCUT2D eigenvalue weighted by atomic mass is 10.1. The summed E-state index contributed by atoms with van der Waals surface area (Å²) in [5.74, 6) is 0. The monoisotopic (exact) mass is 234 g/mol. The van der Waals surface area contributed by atoms with E-state index in [2.05, 4.69) is 37.4 Å². The SMILES string of the molecule is CCC(C)NC(C#N)c1ccc(SC)cc1. The summed E-state index contributed by atoms with van der Waals surface area (Å²) >= 11 is 1.71. The minimum absolute atomic E-state index is 0.203. The summed E-state index contributed by atoms with van der Waals surface area (Å²) in [5, 5.41) is 12.4. The molecule has 1 rings (SSSR count). The summed E-state index contributed by atoms with van der Waals surface area (Å²) in [5.41, 5.74) is 1.04. The number of benzene rings is 1. The van der Waals surface area contributed by atoms with Crippen molar-refractivity contribution in [3.8, 4) is 6.07 Å². The van der Waals surface area contributed by atoms with E-state index in [1.807, 2.05) is 18.4 Å². The van der Waals surface area contributed by atoms with Crippen LogP contribution in [0.4, 0.5) is 0 Å². The van der Waals surface area contributed by atoms with Gasteiger partial charge in [0.05, 0.1) is 6.07 Å². The van der Waals surface area contributed by atoms with Crippen LogP contribution in [0.1, 0.15) is 31.9 Å². The van der Waals surface area contributed by atoms with Gasteiger partial charge in [-0.15, -0.1) is 11.8 Å². The molecule has 0 aliphatic rings. The van der Waals surface area contributed by atoms with Crippen molar-refractivity contribution in [2.75, 3.05) is 6.26 Å². The van der Waals surface area contributed by atoms with E-state index >= 15 is 0 Å². The minimum atomic E-state index is -0.203. The number of thioether (sulfide) groups is 1. The smallest absolute Gasteiger partial charge is 0.121 e. The van der Waals surface area contributed by atoms with Crippen molar-refractivity contribution in [3.05, 3.63) is 29.8 Å². The molecule has 0 saturated heterocycles. The van der Waals surface area contributed by atoms with E-state index in [9.17, 15) is 0 Å². The number of nitrogens with zero attached hydrogens (tertiary/aromatic N) is 1. The summed E-state index contributed by atoms with van der Waals surface area (Å²) in [6.45, 7) is 4.21. The van der Waals surface area contributed by atoms with Gasteiger partial charge in [-0.3, -0.25) is 5.32 Å². The van der Waals surface area contributed by atoms with Gasteiger partial charge in [0.25, 0.3) is 0 Å². The zero-order chi connectivity index (χ0) is 12.0. The van der Waals surface area contributed by atoms with Crippen molar-refractivity contribution >= 4 is 11.8 Å². The lowest BCUT2D eigenvalue weighted by Crippen LogP contribution is -2.29. The van der Waals surface area contributed by atoms with Gasteiger partial charge in [-0.1, -0.05) is 19.1 Å². The fraction of sp³-hybridized carbons (Fsp3) is 0.462. The molecule has 0 aliphatic carbocycles. The highest BCUT2D eigenvalue weighted by molar-refractivity contribution is 7.98. The average molecular weight is 234 g/mol. The molecule has 0 aliphatic heterocycles. The van der Waals surface area contributed by atoms with E-state index in [-0.39, 0.29) is 6.04 Å². The largest absolute Gasteiger partial charge is 0.296 e. The topological polar surface area (TPSA) is 35.8 Å². The molecule has 86 valence electrons. The van der Waals surface area contributed by atoms with Crippen LogP contribution in [0.15, 0.2) is 29.2 Å². The second kappa shape index (κ2) is 6.57. The first-order valence-electron chi connectivity index (χ1n) is 5.50. The molecule has 2 unspecified atom stereocenters. The Bertz CT molecular complexity index is 353. The van der Waals surface area contributed by atoms with Crippen LogP contribution in [0.5, 0.6) is 0 Å². The molecule has 0 saturated carbocycles. The molecule has 16 heavy (non-hydrogen) atoms. The van der Waals surface area contributed by atoms with Crippen LogP contribution in [0.25, 0.3) is 0 Å². The number of rotatable bonds is 5. The quantitative estimate of drug-likeness (QED) is 0.794. The molecule has 2 atom stereocenters. The van der Waals surface area contributed by atoms with Crippen molar-refractivity contribution in [1.29, 1.82) is 5.26 Å². The highest BCUT2D eigenvalue weighted by Gasteiger charge is 2.12. The Morgan fingerprint density at radius 2 is 2.00 bits per heavy atom. The fourth-order valence-corrected chi connectivity index (χ4v) is 1.82. The second-order valence-corrected chi connectivity index (χ2v) is 4.69. The maximum Gasteiger partial charge on any atom is 0.121 e. The van der Waals surface area contributed by atoms with E-state index in [4.69, 9.17) is 5.26 Å². The first kappa shape index (κ1) is 13.1. The zero-order valence-electron chi connectivity index (χ0n) is 10.0. The van der Waals surface area contributed by atoms with Crippen LogP contribution in [-0.2, 0) is 0 Å². The maximum atomic E-state index is 9.13. The molecule has 2 nitrogen and oxygen atoms in total. The Balaban J connectivity index is 2.76. The highest BCUT2D eigenvalue weighted by Crippen LogP contribution is 2.19.